The molecule has 0 radical (unpaired) electrons. The molecule has 1 aromatic rings. The second kappa shape index (κ2) is 3.53. The summed E-state index contributed by atoms with van der Waals surface area (Å²) in [4.78, 5) is 10.5. The first-order valence-electron chi connectivity index (χ1n) is 3.21. The van der Waals surface area contributed by atoms with Gasteiger partial charge < -0.3 is 5.73 Å². The highest BCUT2D eigenvalue weighted by Gasteiger charge is 1.96. The van der Waals surface area contributed by atoms with Crippen molar-refractivity contribution in [3.8, 4) is 0 Å². The fourth-order valence-electron chi connectivity index (χ4n) is 0.803. The molecule has 2 N–H and O–H groups in total. The zero-order valence-electron chi connectivity index (χ0n) is 5.88. The van der Waals surface area contributed by atoms with Crippen molar-refractivity contribution < 1.29 is 4.79 Å². The zero-order chi connectivity index (χ0) is 8.27. The molecule has 11 heavy (non-hydrogen) atoms. The minimum absolute atomic E-state index is 0.299. The molecule has 3 heteroatoms. The van der Waals surface area contributed by atoms with Crippen LogP contribution in [-0.2, 0) is 11.2 Å². The van der Waals surface area contributed by atoms with Gasteiger partial charge in [-0.15, -0.1) is 0 Å². The molecule has 0 spiro atoms. The van der Waals surface area contributed by atoms with E-state index in [2.05, 4.69) is 15.9 Å². The summed E-state index contributed by atoms with van der Waals surface area (Å²) in [6.45, 7) is 0. The molecule has 58 valence electrons. The molecule has 1 amide bonds. The van der Waals surface area contributed by atoms with Gasteiger partial charge in [-0.1, -0.05) is 28.1 Å². The SMILES string of the molecule is NC(=O)Cc1ccc(Br)cc1. The Balaban J connectivity index is 2.74. The summed E-state index contributed by atoms with van der Waals surface area (Å²) in [7, 11) is 0. The molecule has 0 unspecified atom stereocenters. The Labute approximate surface area is 73.5 Å². The maximum Gasteiger partial charge on any atom is 0.221 e. The summed E-state index contributed by atoms with van der Waals surface area (Å²) in [6, 6.07) is 7.51. The van der Waals surface area contributed by atoms with E-state index < -0.39 is 0 Å². The fraction of sp³-hybridized carbons (Fsp3) is 0.125. The van der Waals surface area contributed by atoms with Crippen LogP contribution < -0.4 is 5.73 Å². The van der Waals surface area contributed by atoms with Crippen molar-refractivity contribution in [2.45, 2.75) is 6.42 Å². The summed E-state index contributed by atoms with van der Waals surface area (Å²) >= 11 is 3.30. The number of rotatable bonds is 2. The second-order valence-corrected chi connectivity index (χ2v) is 3.19. The highest BCUT2D eigenvalue weighted by molar-refractivity contribution is 9.10. The van der Waals surface area contributed by atoms with Gasteiger partial charge in [-0.05, 0) is 17.7 Å². The van der Waals surface area contributed by atoms with E-state index in [0.29, 0.717) is 6.42 Å². The van der Waals surface area contributed by atoms with E-state index in [1.165, 1.54) is 0 Å². The predicted molar refractivity (Wildman–Crippen MR) is 47.0 cm³/mol. The average molecular weight is 214 g/mol. The quantitative estimate of drug-likeness (QED) is 0.795. The molecule has 0 atom stereocenters. The highest BCUT2D eigenvalue weighted by atomic mass is 79.9. The summed E-state index contributed by atoms with van der Waals surface area (Å²) in [5.74, 6) is -0.299. The molecule has 0 aliphatic heterocycles. The lowest BCUT2D eigenvalue weighted by atomic mass is 10.1. The molecule has 0 saturated carbocycles. The van der Waals surface area contributed by atoms with Gasteiger partial charge in [0.25, 0.3) is 0 Å². The number of amides is 1. The van der Waals surface area contributed by atoms with Crippen molar-refractivity contribution in [3.63, 3.8) is 0 Å². The molecule has 0 aliphatic rings. The molecule has 1 aromatic carbocycles. The molecule has 1 rings (SSSR count). The summed E-state index contributed by atoms with van der Waals surface area (Å²) in [6.07, 6.45) is 0.313. The molecule has 0 aliphatic carbocycles. The van der Waals surface area contributed by atoms with E-state index in [-0.39, 0.29) is 5.91 Å². The minimum Gasteiger partial charge on any atom is -0.369 e. The lowest BCUT2D eigenvalue weighted by Crippen LogP contribution is -2.13. The van der Waals surface area contributed by atoms with E-state index in [4.69, 9.17) is 5.73 Å². The molecular weight excluding hydrogens is 206 g/mol. The largest absolute Gasteiger partial charge is 0.369 e. The predicted octanol–water partition coefficient (Wildman–Crippen LogP) is 1.48. The Morgan fingerprint density at radius 2 is 1.91 bits per heavy atom. The molecule has 0 heterocycles. The number of halogens is 1. The molecule has 0 bridgehead atoms. The number of carbonyl (C=O) groups excluding carboxylic acids is 1. The second-order valence-electron chi connectivity index (χ2n) is 2.27. The number of primary amides is 1. The van der Waals surface area contributed by atoms with Crippen LogP contribution in [0, 0.1) is 0 Å². The zero-order valence-corrected chi connectivity index (χ0v) is 7.47. The number of nitrogens with two attached hydrogens (primary N) is 1. The summed E-state index contributed by atoms with van der Waals surface area (Å²) < 4.78 is 1.01. The van der Waals surface area contributed by atoms with Crippen LogP contribution in [0.2, 0.25) is 0 Å². The van der Waals surface area contributed by atoms with Crippen molar-refractivity contribution >= 4 is 21.8 Å². The monoisotopic (exact) mass is 213 g/mol. The van der Waals surface area contributed by atoms with E-state index in [1.807, 2.05) is 24.3 Å². The Morgan fingerprint density at radius 3 is 2.36 bits per heavy atom. The van der Waals surface area contributed by atoms with Crippen LogP contribution >= 0.6 is 15.9 Å². The third kappa shape index (κ3) is 2.72. The lowest BCUT2D eigenvalue weighted by molar-refractivity contribution is -0.117. The third-order valence-corrected chi connectivity index (χ3v) is 1.82. The van der Waals surface area contributed by atoms with Crippen LogP contribution in [0.3, 0.4) is 0 Å². The van der Waals surface area contributed by atoms with Gasteiger partial charge in [0.05, 0.1) is 6.42 Å². The van der Waals surface area contributed by atoms with Gasteiger partial charge in [-0.25, -0.2) is 0 Å². The number of hydrogen-bond acceptors (Lipinski definition) is 1. The number of hydrogen-bond donors (Lipinski definition) is 1. The molecule has 2 nitrogen and oxygen atoms in total. The maximum absolute atomic E-state index is 10.5. The van der Waals surface area contributed by atoms with E-state index in [0.717, 1.165) is 10.0 Å². The topological polar surface area (TPSA) is 43.1 Å². The fourth-order valence-corrected chi connectivity index (χ4v) is 1.07. The molecule has 0 aromatic heterocycles. The van der Waals surface area contributed by atoms with E-state index >= 15 is 0 Å². The Hall–Kier alpha value is -0.830. The van der Waals surface area contributed by atoms with E-state index in [1.54, 1.807) is 0 Å². The van der Waals surface area contributed by atoms with Crippen molar-refractivity contribution in [2.24, 2.45) is 5.73 Å². The van der Waals surface area contributed by atoms with Gasteiger partial charge in [-0.3, -0.25) is 4.79 Å². The Morgan fingerprint density at radius 1 is 1.36 bits per heavy atom. The van der Waals surface area contributed by atoms with Gasteiger partial charge >= 0.3 is 0 Å². The van der Waals surface area contributed by atoms with Gasteiger partial charge in [0.15, 0.2) is 0 Å². The van der Waals surface area contributed by atoms with Gasteiger partial charge in [-0.2, -0.15) is 0 Å². The Bertz CT molecular complexity index is 255. The lowest BCUT2D eigenvalue weighted by Gasteiger charge is -1.95. The van der Waals surface area contributed by atoms with Gasteiger partial charge in [0.1, 0.15) is 0 Å². The first-order chi connectivity index (χ1) is 5.18. The third-order valence-electron chi connectivity index (χ3n) is 1.29. The van der Waals surface area contributed by atoms with Crippen LogP contribution in [0.4, 0.5) is 0 Å². The summed E-state index contributed by atoms with van der Waals surface area (Å²) in [5.41, 5.74) is 5.96. The molecular formula is C8H8BrNO. The van der Waals surface area contributed by atoms with Crippen LogP contribution in [-0.4, -0.2) is 5.91 Å². The highest BCUT2D eigenvalue weighted by Crippen LogP contribution is 2.10. The molecule has 0 fully saturated rings. The van der Waals surface area contributed by atoms with Crippen LogP contribution in [0.5, 0.6) is 0 Å². The summed E-state index contributed by atoms with van der Waals surface area (Å²) in [5, 5.41) is 0. The van der Waals surface area contributed by atoms with Crippen molar-refractivity contribution in [1.82, 2.24) is 0 Å². The van der Waals surface area contributed by atoms with Gasteiger partial charge in [0.2, 0.25) is 5.91 Å². The van der Waals surface area contributed by atoms with Crippen LogP contribution in [0.25, 0.3) is 0 Å². The smallest absolute Gasteiger partial charge is 0.221 e. The normalized spacial score (nSPS) is 9.55. The number of carbonyl (C=O) groups is 1. The average Bonchev–Trinajstić information content (AvgIpc) is 1.93. The van der Waals surface area contributed by atoms with Crippen molar-refractivity contribution in [3.05, 3.63) is 34.3 Å². The minimum atomic E-state index is -0.299. The molecule has 0 saturated heterocycles. The van der Waals surface area contributed by atoms with E-state index in [9.17, 15) is 4.79 Å². The Kier molecular flexibility index (Phi) is 2.65. The standard InChI is InChI=1S/C8H8BrNO/c9-7-3-1-6(2-4-7)5-8(10)11/h1-4H,5H2,(H2,10,11). The van der Waals surface area contributed by atoms with Crippen LogP contribution in [0.1, 0.15) is 5.56 Å². The van der Waals surface area contributed by atoms with Crippen molar-refractivity contribution in [1.29, 1.82) is 0 Å². The number of benzene rings is 1. The van der Waals surface area contributed by atoms with Crippen LogP contribution in [0.15, 0.2) is 28.7 Å². The maximum atomic E-state index is 10.5. The first kappa shape index (κ1) is 8.27. The van der Waals surface area contributed by atoms with Gasteiger partial charge in [0, 0.05) is 4.47 Å². The van der Waals surface area contributed by atoms with Crippen molar-refractivity contribution in [2.75, 3.05) is 0 Å². The first-order valence-corrected chi connectivity index (χ1v) is 4.00.